The van der Waals surface area contributed by atoms with Crippen LogP contribution in [0.1, 0.15) is 13.3 Å². The van der Waals surface area contributed by atoms with Gasteiger partial charge in [0, 0.05) is 13.1 Å². The molecule has 7 heteroatoms. The number of hydrogen-bond acceptors (Lipinski definition) is 5. The lowest BCUT2D eigenvalue weighted by molar-refractivity contribution is 0.252. The first kappa shape index (κ1) is 16.7. The molecule has 0 aliphatic heterocycles. The van der Waals surface area contributed by atoms with E-state index in [0.29, 0.717) is 24.4 Å². The fourth-order valence-electron chi connectivity index (χ4n) is 1.75. The van der Waals surface area contributed by atoms with E-state index in [2.05, 4.69) is 0 Å². The summed E-state index contributed by atoms with van der Waals surface area (Å²) in [5.41, 5.74) is 6.19. The summed E-state index contributed by atoms with van der Waals surface area (Å²) in [6, 6.07) is 6.94. The maximum atomic E-state index is 12.1. The molecule has 0 fully saturated rings. The highest BCUT2D eigenvalue weighted by atomic mass is 32.2. The van der Waals surface area contributed by atoms with E-state index < -0.39 is 10.0 Å². The summed E-state index contributed by atoms with van der Waals surface area (Å²) in [5, 5.41) is 8.91. The van der Waals surface area contributed by atoms with Crippen molar-refractivity contribution in [2.45, 2.75) is 13.3 Å². The molecule has 0 unspecified atom stereocenters. The van der Waals surface area contributed by atoms with E-state index in [-0.39, 0.29) is 25.5 Å². The lowest BCUT2D eigenvalue weighted by Crippen LogP contribution is -2.37. The average Bonchev–Trinajstić information content (AvgIpc) is 2.40. The van der Waals surface area contributed by atoms with Crippen LogP contribution in [0.25, 0.3) is 0 Å². The summed E-state index contributed by atoms with van der Waals surface area (Å²) in [5.74, 6) is 0.341. The molecule has 0 aliphatic rings. The fourth-order valence-corrected chi connectivity index (χ4v) is 3.12. The maximum absolute atomic E-state index is 12.1. The van der Waals surface area contributed by atoms with Crippen LogP contribution in [0, 0.1) is 0 Å². The third kappa shape index (κ3) is 4.99. The van der Waals surface area contributed by atoms with Crippen LogP contribution in [-0.4, -0.2) is 49.9 Å². The first-order valence-corrected chi connectivity index (χ1v) is 8.18. The van der Waals surface area contributed by atoms with Crippen molar-refractivity contribution in [3.63, 3.8) is 0 Å². The molecule has 1 rings (SSSR count). The number of para-hydroxylation sites is 2. The molecule has 6 nitrogen and oxygen atoms in total. The van der Waals surface area contributed by atoms with Crippen LogP contribution >= 0.6 is 0 Å². The van der Waals surface area contributed by atoms with Gasteiger partial charge >= 0.3 is 0 Å². The molecule has 0 radical (unpaired) electrons. The molecule has 3 N–H and O–H groups in total. The molecule has 114 valence electrons. The summed E-state index contributed by atoms with van der Waals surface area (Å²) in [6.45, 7) is 2.25. The molecule has 0 atom stereocenters. The molecule has 0 aromatic heterocycles. The highest BCUT2D eigenvalue weighted by Gasteiger charge is 2.20. The van der Waals surface area contributed by atoms with E-state index in [1.54, 1.807) is 24.3 Å². The first-order valence-electron chi connectivity index (χ1n) is 6.57. The van der Waals surface area contributed by atoms with Gasteiger partial charge in [0.25, 0.3) is 0 Å². The molecule has 1 aromatic carbocycles. The average molecular weight is 302 g/mol. The van der Waals surface area contributed by atoms with E-state index in [9.17, 15) is 8.42 Å². The minimum Gasteiger partial charge on any atom is -0.490 e. The smallest absolute Gasteiger partial charge is 0.217 e. The van der Waals surface area contributed by atoms with Gasteiger partial charge in [0.15, 0.2) is 0 Å². The summed E-state index contributed by atoms with van der Waals surface area (Å²) in [4.78, 5) is 0. The van der Waals surface area contributed by atoms with Crippen LogP contribution in [0.2, 0.25) is 0 Å². The number of sulfonamides is 1. The van der Waals surface area contributed by atoms with Gasteiger partial charge in [-0.05, 0) is 18.6 Å². The maximum Gasteiger partial charge on any atom is 0.217 e. The van der Waals surface area contributed by atoms with Gasteiger partial charge in [-0.25, -0.2) is 8.42 Å². The Hall–Kier alpha value is -1.31. The Morgan fingerprint density at radius 1 is 1.30 bits per heavy atom. The summed E-state index contributed by atoms with van der Waals surface area (Å²) < 4.78 is 30.8. The Morgan fingerprint density at radius 2 is 2.00 bits per heavy atom. The standard InChI is InChI=1S/C13H22N2O4S/c1-2-7-15(8-9-16)20(17,18)11-10-19-13-6-4-3-5-12(13)14/h3-6,16H,2,7-11,14H2,1H3. The molecule has 0 spiro atoms. The van der Waals surface area contributed by atoms with Gasteiger partial charge in [-0.3, -0.25) is 0 Å². The van der Waals surface area contributed by atoms with Crippen LogP contribution in [0.15, 0.2) is 24.3 Å². The number of rotatable bonds is 9. The molecule has 0 saturated carbocycles. The molecule has 20 heavy (non-hydrogen) atoms. The third-order valence-corrected chi connectivity index (χ3v) is 4.57. The van der Waals surface area contributed by atoms with E-state index in [1.807, 2.05) is 6.92 Å². The Kier molecular flexibility index (Phi) is 6.77. The van der Waals surface area contributed by atoms with E-state index in [4.69, 9.17) is 15.6 Å². The molecule has 0 saturated heterocycles. The zero-order valence-electron chi connectivity index (χ0n) is 11.7. The van der Waals surface area contributed by atoms with Crippen molar-refractivity contribution < 1.29 is 18.3 Å². The van der Waals surface area contributed by atoms with Gasteiger partial charge in [0.05, 0.1) is 18.0 Å². The van der Waals surface area contributed by atoms with E-state index >= 15 is 0 Å². The lowest BCUT2D eigenvalue weighted by atomic mass is 10.3. The topological polar surface area (TPSA) is 92.9 Å². The Bertz CT molecular complexity index is 499. The van der Waals surface area contributed by atoms with Gasteiger partial charge < -0.3 is 15.6 Å². The Labute approximate surface area is 120 Å². The van der Waals surface area contributed by atoms with Crippen molar-refractivity contribution in [1.82, 2.24) is 4.31 Å². The zero-order chi connectivity index (χ0) is 15.0. The molecule has 0 amide bonds. The number of hydrogen-bond donors (Lipinski definition) is 2. The van der Waals surface area contributed by atoms with Crippen LogP contribution in [0.5, 0.6) is 5.75 Å². The largest absolute Gasteiger partial charge is 0.490 e. The number of anilines is 1. The summed E-state index contributed by atoms with van der Waals surface area (Å²) >= 11 is 0. The van der Waals surface area contributed by atoms with Crippen LogP contribution in [0.4, 0.5) is 5.69 Å². The summed E-state index contributed by atoms with van der Waals surface area (Å²) in [7, 11) is -3.42. The predicted octanol–water partition coefficient (Wildman–Crippen LogP) is 0.682. The van der Waals surface area contributed by atoms with Gasteiger partial charge in [-0.15, -0.1) is 0 Å². The second kappa shape index (κ2) is 8.08. The van der Waals surface area contributed by atoms with E-state index in [1.165, 1.54) is 4.31 Å². The summed E-state index contributed by atoms with van der Waals surface area (Å²) in [6.07, 6.45) is 0.700. The minimum atomic E-state index is -3.42. The number of aliphatic hydroxyl groups excluding tert-OH is 1. The van der Waals surface area contributed by atoms with Crippen LogP contribution in [-0.2, 0) is 10.0 Å². The molecular weight excluding hydrogens is 280 g/mol. The van der Waals surface area contributed by atoms with Crippen molar-refractivity contribution in [3.8, 4) is 5.75 Å². The number of nitrogens with zero attached hydrogens (tertiary/aromatic N) is 1. The Morgan fingerprint density at radius 3 is 2.60 bits per heavy atom. The first-order chi connectivity index (χ1) is 9.51. The van der Waals surface area contributed by atoms with Crippen molar-refractivity contribution in [2.75, 3.05) is 37.8 Å². The molecule has 0 bridgehead atoms. The molecule has 1 aromatic rings. The van der Waals surface area contributed by atoms with Crippen LogP contribution in [0.3, 0.4) is 0 Å². The Balaban J connectivity index is 2.56. The number of nitrogen functional groups attached to an aromatic ring is 1. The molecular formula is C13H22N2O4S. The minimum absolute atomic E-state index is 0.0299. The highest BCUT2D eigenvalue weighted by molar-refractivity contribution is 7.89. The molecule has 0 heterocycles. The van der Waals surface area contributed by atoms with Crippen molar-refractivity contribution in [2.24, 2.45) is 0 Å². The second-order valence-corrected chi connectivity index (χ2v) is 6.41. The number of ether oxygens (including phenoxy) is 1. The van der Waals surface area contributed by atoms with Gasteiger partial charge in [0.2, 0.25) is 10.0 Å². The fraction of sp³-hybridized carbons (Fsp3) is 0.538. The van der Waals surface area contributed by atoms with Gasteiger partial charge in [-0.2, -0.15) is 4.31 Å². The number of aliphatic hydroxyl groups is 1. The van der Waals surface area contributed by atoms with Crippen molar-refractivity contribution in [1.29, 1.82) is 0 Å². The third-order valence-electron chi connectivity index (χ3n) is 2.73. The van der Waals surface area contributed by atoms with E-state index in [0.717, 1.165) is 0 Å². The predicted molar refractivity (Wildman–Crippen MR) is 79.1 cm³/mol. The molecule has 0 aliphatic carbocycles. The highest BCUT2D eigenvalue weighted by Crippen LogP contribution is 2.19. The van der Waals surface area contributed by atoms with Crippen LogP contribution < -0.4 is 10.5 Å². The lowest BCUT2D eigenvalue weighted by Gasteiger charge is -2.20. The zero-order valence-corrected chi connectivity index (χ0v) is 12.5. The second-order valence-electron chi connectivity index (χ2n) is 4.32. The van der Waals surface area contributed by atoms with Crippen molar-refractivity contribution >= 4 is 15.7 Å². The monoisotopic (exact) mass is 302 g/mol. The van der Waals surface area contributed by atoms with Gasteiger partial charge in [0.1, 0.15) is 12.4 Å². The normalized spacial score (nSPS) is 11.8. The quantitative estimate of drug-likeness (QED) is 0.654. The van der Waals surface area contributed by atoms with Gasteiger partial charge in [-0.1, -0.05) is 19.1 Å². The van der Waals surface area contributed by atoms with Crippen molar-refractivity contribution in [3.05, 3.63) is 24.3 Å². The SMILES string of the molecule is CCCN(CCO)S(=O)(=O)CCOc1ccccc1N. The number of nitrogens with two attached hydrogens (primary N) is 1. The number of benzene rings is 1.